The van der Waals surface area contributed by atoms with E-state index in [2.05, 4.69) is 64.6 Å². The zero-order valence-corrected chi connectivity index (χ0v) is 18.8. The van der Waals surface area contributed by atoms with Crippen molar-refractivity contribution in [2.24, 2.45) is 0 Å². The molecular formula is C23H32N6S. The maximum Gasteiger partial charge on any atom is 0.232 e. The lowest BCUT2D eigenvalue weighted by atomic mass is 10.00. The Hall–Kier alpha value is -2.41. The molecule has 2 aliphatic rings. The molecule has 0 spiro atoms. The molecule has 0 atom stereocenters. The monoisotopic (exact) mass is 424 g/mol. The summed E-state index contributed by atoms with van der Waals surface area (Å²) in [7, 11) is 0. The van der Waals surface area contributed by atoms with Gasteiger partial charge in [-0.15, -0.1) is 0 Å². The minimum absolute atomic E-state index is 0.261. The predicted octanol–water partition coefficient (Wildman–Crippen LogP) is 4.11. The molecule has 6 nitrogen and oxygen atoms in total. The Bertz CT molecular complexity index is 876. The van der Waals surface area contributed by atoms with Crippen molar-refractivity contribution in [3.05, 3.63) is 41.5 Å². The highest BCUT2D eigenvalue weighted by Gasteiger charge is 2.21. The van der Waals surface area contributed by atoms with Crippen LogP contribution in [0.1, 0.15) is 50.7 Å². The van der Waals surface area contributed by atoms with E-state index >= 15 is 0 Å². The number of fused-ring (bicyclic) bond motifs is 1. The first-order chi connectivity index (χ1) is 14.6. The van der Waals surface area contributed by atoms with Crippen LogP contribution in [0.15, 0.2) is 30.3 Å². The third-order valence-electron chi connectivity index (χ3n) is 5.73. The molecule has 0 saturated carbocycles. The standard InChI is InChI=1S/C23H32N6S/c1-17(2)24-23(30)27-22-25-20(28-12-7-3-4-8-13-28)15-21(26-22)29-14-11-18-9-5-6-10-19(18)16-29/h5-6,9-10,15,17H,3-4,7-8,11-14,16H2,1-2H3,(H2,24,25,26,27,30). The van der Waals surface area contributed by atoms with Crippen LogP contribution >= 0.6 is 12.2 Å². The summed E-state index contributed by atoms with van der Waals surface area (Å²) in [4.78, 5) is 14.4. The lowest BCUT2D eigenvalue weighted by molar-refractivity contribution is 0.716. The van der Waals surface area contributed by atoms with E-state index in [4.69, 9.17) is 22.2 Å². The van der Waals surface area contributed by atoms with Gasteiger partial charge < -0.3 is 20.4 Å². The topological polar surface area (TPSA) is 56.3 Å². The Kier molecular flexibility index (Phi) is 6.67. The number of anilines is 3. The first-order valence-corrected chi connectivity index (χ1v) is 11.5. The molecule has 0 radical (unpaired) electrons. The van der Waals surface area contributed by atoms with E-state index in [1.165, 1.54) is 36.8 Å². The van der Waals surface area contributed by atoms with Crippen molar-refractivity contribution >= 4 is 34.9 Å². The van der Waals surface area contributed by atoms with Crippen molar-refractivity contribution in [3.8, 4) is 0 Å². The quantitative estimate of drug-likeness (QED) is 0.716. The molecule has 1 aromatic heterocycles. The predicted molar refractivity (Wildman–Crippen MR) is 128 cm³/mol. The minimum Gasteiger partial charge on any atom is -0.360 e. The van der Waals surface area contributed by atoms with Crippen molar-refractivity contribution in [2.45, 2.75) is 58.5 Å². The highest BCUT2D eigenvalue weighted by atomic mass is 32.1. The Labute approximate surface area is 185 Å². The van der Waals surface area contributed by atoms with Crippen molar-refractivity contribution in [1.82, 2.24) is 15.3 Å². The zero-order valence-electron chi connectivity index (χ0n) is 18.0. The second-order valence-corrected chi connectivity index (χ2v) is 8.91. The molecule has 0 amide bonds. The van der Waals surface area contributed by atoms with Gasteiger partial charge in [0.15, 0.2) is 5.11 Å². The molecule has 4 rings (SSSR count). The van der Waals surface area contributed by atoms with Crippen LogP contribution in [0.25, 0.3) is 0 Å². The smallest absolute Gasteiger partial charge is 0.232 e. The van der Waals surface area contributed by atoms with Crippen LogP contribution in [-0.4, -0.2) is 40.8 Å². The molecule has 0 aliphatic carbocycles. The second kappa shape index (κ2) is 9.60. The molecule has 2 aromatic rings. The normalized spacial score (nSPS) is 16.8. The van der Waals surface area contributed by atoms with Gasteiger partial charge in [0.05, 0.1) is 0 Å². The number of nitrogens with zero attached hydrogens (tertiary/aromatic N) is 4. The van der Waals surface area contributed by atoms with Crippen LogP contribution in [0.4, 0.5) is 17.6 Å². The van der Waals surface area contributed by atoms with Gasteiger partial charge in [-0.1, -0.05) is 37.1 Å². The van der Waals surface area contributed by atoms with E-state index < -0.39 is 0 Å². The highest BCUT2D eigenvalue weighted by molar-refractivity contribution is 7.80. The molecule has 2 N–H and O–H groups in total. The Morgan fingerprint density at radius 2 is 1.60 bits per heavy atom. The minimum atomic E-state index is 0.261. The number of aromatic nitrogens is 2. The maximum absolute atomic E-state index is 5.46. The van der Waals surface area contributed by atoms with Crippen LogP contribution in [0, 0.1) is 0 Å². The largest absolute Gasteiger partial charge is 0.360 e. The van der Waals surface area contributed by atoms with Gasteiger partial charge in [-0.3, -0.25) is 0 Å². The fourth-order valence-electron chi connectivity index (χ4n) is 4.19. The number of nitrogens with one attached hydrogen (secondary N) is 2. The van der Waals surface area contributed by atoms with Crippen LogP contribution in [0.2, 0.25) is 0 Å². The average molecular weight is 425 g/mol. The van der Waals surface area contributed by atoms with Crippen molar-refractivity contribution in [2.75, 3.05) is 34.8 Å². The van der Waals surface area contributed by atoms with Gasteiger partial charge in [-0.2, -0.15) is 9.97 Å². The lowest BCUT2D eigenvalue weighted by Gasteiger charge is -2.31. The Morgan fingerprint density at radius 3 is 2.30 bits per heavy atom. The zero-order chi connectivity index (χ0) is 20.9. The van der Waals surface area contributed by atoms with Gasteiger partial charge >= 0.3 is 0 Å². The summed E-state index contributed by atoms with van der Waals surface area (Å²) >= 11 is 5.46. The highest BCUT2D eigenvalue weighted by Crippen LogP contribution is 2.28. The number of rotatable bonds is 4. The van der Waals surface area contributed by atoms with Gasteiger partial charge in [0.2, 0.25) is 5.95 Å². The molecule has 0 unspecified atom stereocenters. The first-order valence-electron chi connectivity index (χ1n) is 11.1. The second-order valence-electron chi connectivity index (χ2n) is 8.50. The fourth-order valence-corrected chi connectivity index (χ4v) is 4.52. The summed E-state index contributed by atoms with van der Waals surface area (Å²) in [6.45, 7) is 8.07. The molecule has 30 heavy (non-hydrogen) atoms. The van der Waals surface area contributed by atoms with E-state index in [1.54, 1.807) is 0 Å². The van der Waals surface area contributed by atoms with Gasteiger partial charge in [-0.05, 0) is 56.5 Å². The molecule has 3 heterocycles. The summed E-state index contributed by atoms with van der Waals surface area (Å²) in [5.41, 5.74) is 2.82. The third-order valence-corrected chi connectivity index (χ3v) is 5.95. The summed E-state index contributed by atoms with van der Waals surface area (Å²) in [6, 6.07) is 11.1. The lowest BCUT2D eigenvalue weighted by Crippen LogP contribution is -2.35. The molecule has 1 aromatic carbocycles. The van der Waals surface area contributed by atoms with E-state index in [9.17, 15) is 0 Å². The Morgan fingerprint density at radius 1 is 0.933 bits per heavy atom. The number of benzene rings is 1. The van der Waals surface area contributed by atoms with E-state index in [-0.39, 0.29) is 6.04 Å². The van der Waals surface area contributed by atoms with E-state index in [1.807, 2.05) is 0 Å². The molecular weight excluding hydrogens is 392 g/mol. The van der Waals surface area contributed by atoms with Gasteiger partial charge in [-0.25, -0.2) is 0 Å². The fraction of sp³-hybridized carbons (Fsp3) is 0.522. The number of hydrogen-bond donors (Lipinski definition) is 2. The summed E-state index contributed by atoms with van der Waals surface area (Å²) in [5, 5.41) is 7.00. The van der Waals surface area contributed by atoms with Crippen LogP contribution in [0.3, 0.4) is 0 Å². The summed E-state index contributed by atoms with van der Waals surface area (Å²) in [5.74, 6) is 2.54. The van der Waals surface area contributed by atoms with E-state index in [0.717, 1.165) is 44.2 Å². The molecule has 7 heteroatoms. The maximum atomic E-state index is 5.46. The number of hydrogen-bond acceptors (Lipinski definition) is 5. The van der Waals surface area contributed by atoms with E-state index in [0.29, 0.717) is 11.1 Å². The molecule has 1 fully saturated rings. The third kappa shape index (κ3) is 5.19. The molecule has 0 bridgehead atoms. The molecule has 160 valence electrons. The van der Waals surface area contributed by atoms with Crippen LogP contribution in [-0.2, 0) is 13.0 Å². The van der Waals surface area contributed by atoms with Gasteiger partial charge in [0.1, 0.15) is 11.6 Å². The first kappa shape index (κ1) is 20.8. The van der Waals surface area contributed by atoms with Gasteiger partial charge in [0.25, 0.3) is 0 Å². The van der Waals surface area contributed by atoms with Crippen molar-refractivity contribution in [1.29, 1.82) is 0 Å². The van der Waals surface area contributed by atoms with Crippen molar-refractivity contribution < 1.29 is 0 Å². The summed E-state index contributed by atoms with van der Waals surface area (Å²) in [6.07, 6.45) is 6.06. The number of thiocarbonyl (C=S) groups is 1. The molecule has 2 aliphatic heterocycles. The van der Waals surface area contributed by atoms with Crippen molar-refractivity contribution in [3.63, 3.8) is 0 Å². The Balaban J connectivity index is 1.62. The molecule has 1 saturated heterocycles. The average Bonchev–Trinajstić information content (AvgIpc) is 3.02. The van der Waals surface area contributed by atoms with Crippen LogP contribution < -0.4 is 20.4 Å². The van der Waals surface area contributed by atoms with Gasteiger partial charge in [0, 0.05) is 38.3 Å². The SMILES string of the molecule is CC(C)NC(=S)Nc1nc(N2CCCCCC2)cc(N2CCc3ccccc3C2)n1. The van der Waals surface area contributed by atoms with Crippen LogP contribution in [0.5, 0.6) is 0 Å². The summed E-state index contributed by atoms with van der Waals surface area (Å²) < 4.78 is 0.